The zero-order valence-electron chi connectivity index (χ0n) is 27.1. The highest BCUT2D eigenvalue weighted by Gasteiger charge is 2.34. The highest BCUT2D eigenvalue weighted by atomic mass is 32.2. The fourth-order valence-corrected chi connectivity index (χ4v) is 7.01. The second-order valence-electron chi connectivity index (χ2n) is 12.3. The van der Waals surface area contributed by atoms with Crippen molar-refractivity contribution in [2.75, 3.05) is 37.7 Å². The number of furan rings is 1. The van der Waals surface area contributed by atoms with Crippen LogP contribution in [0.4, 0.5) is 18.9 Å². The maximum Gasteiger partial charge on any atom is 0.416 e. The Labute approximate surface area is 276 Å². The number of amides is 2. The molecule has 1 aliphatic heterocycles. The van der Waals surface area contributed by atoms with E-state index in [2.05, 4.69) is 5.32 Å². The predicted octanol–water partition coefficient (Wildman–Crippen LogP) is 6.69. The Balaban J connectivity index is 1.44. The number of anilines is 1. The lowest BCUT2D eigenvalue weighted by Gasteiger charge is -2.35. The van der Waals surface area contributed by atoms with Crippen LogP contribution in [0, 0.1) is 6.92 Å². The van der Waals surface area contributed by atoms with E-state index in [-0.39, 0.29) is 30.0 Å². The molecule has 0 spiro atoms. The number of sulfonamides is 1. The van der Waals surface area contributed by atoms with Crippen molar-refractivity contribution in [3.8, 4) is 11.3 Å². The first-order chi connectivity index (χ1) is 22.6. The van der Waals surface area contributed by atoms with Crippen LogP contribution >= 0.6 is 0 Å². The van der Waals surface area contributed by atoms with Crippen LogP contribution in [0.15, 0.2) is 65.1 Å². The monoisotopic (exact) mass is 680 g/mol. The molecule has 1 N–H and O–H groups in total. The number of fused-ring (bicyclic) bond motifs is 2. The molecule has 2 amide bonds. The molecule has 252 valence electrons. The summed E-state index contributed by atoms with van der Waals surface area (Å²) in [5, 5.41) is 3.49. The van der Waals surface area contributed by atoms with Crippen LogP contribution in [0.25, 0.3) is 33.2 Å². The van der Waals surface area contributed by atoms with Crippen LogP contribution in [0.3, 0.4) is 0 Å². The van der Waals surface area contributed by atoms with Gasteiger partial charge in [-0.25, -0.2) is 8.42 Å². The van der Waals surface area contributed by atoms with Crippen molar-refractivity contribution < 1.29 is 35.6 Å². The molecule has 0 aliphatic carbocycles. The zero-order chi connectivity index (χ0) is 34.7. The summed E-state index contributed by atoms with van der Waals surface area (Å²) in [4.78, 5) is 28.9. The van der Waals surface area contributed by atoms with Gasteiger partial charge in [0.15, 0.2) is 0 Å². The average molecular weight is 681 g/mol. The Hall–Kier alpha value is -4.78. The van der Waals surface area contributed by atoms with Gasteiger partial charge in [-0.1, -0.05) is 29.8 Å². The predicted molar refractivity (Wildman–Crippen MR) is 179 cm³/mol. The van der Waals surface area contributed by atoms with Gasteiger partial charge in [0.2, 0.25) is 10.0 Å². The fraction of sp³-hybridized carbons (Fsp3) is 0.314. The number of carbonyl (C=O) groups is 2. The van der Waals surface area contributed by atoms with Gasteiger partial charge in [-0.05, 0) is 55.7 Å². The number of hydrogen-bond acceptors (Lipinski definition) is 5. The summed E-state index contributed by atoms with van der Waals surface area (Å²) in [6.45, 7) is 2.59. The summed E-state index contributed by atoms with van der Waals surface area (Å²) in [6.07, 6.45) is -2.19. The summed E-state index contributed by atoms with van der Waals surface area (Å²) in [5.74, 6) is -0.695. The Kier molecular flexibility index (Phi) is 8.30. The highest BCUT2D eigenvalue weighted by Crippen LogP contribution is 2.42. The molecule has 0 saturated carbocycles. The van der Waals surface area contributed by atoms with Crippen LogP contribution in [-0.2, 0) is 23.2 Å². The van der Waals surface area contributed by atoms with Gasteiger partial charge in [-0.2, -0.15) is 13.2 Å². The standard InChI is InChI=1S/C35H35F3N4O5S/c1-20-8-10-21(11-9-20)32-31(33(43)39-2)26-17-25(28(18-30(26)47-32)41(4)48(5,45)46)22-7-6-14-42(19-22)34(44)29-16-23-15-24(35(36,37)38)12-13-27(23)40(29)3/h8-13,15-18,22H,6-7,14,19H2,1-5H3,(H,39,43)/t22-/m0/s1. The number of aromatic nitrogens is 1. The number of piperidine rings is 1. The van der Waals surface area contributed by atoms with E-state index >= 15 is 0 Å². The van der Waals surface area contributed by atoms with Crippen molar-refractivity contribution in [1.29, 1.82) is 0 Å². The van der Waals surface area contributed by atoms with E-state index in [4.69, 9.17) is 4.42 Å². The van der Waals surface area contributed by atoms with Crippen molar-refractivity contribution in [1.82, 2.24) is 14.8 Å². The number of likely N-dealkylation sites (tertiary alicyclic amines) is 1. The number of aryl methyl sites for hydroxylation is 2. The van der Waals surface area contributed by atoms with Crippen LogP contribution < -0.4 is 9.62 Å². The van der Waals surface area contributed by atoms with E-state index in [9.17, 15) is 31.2 Å². The summed E-state index contributed by atoms with van der Waals surface area (Å²) in [7, 11) is 0.882. The van der Waals surface area contributed by atoms with Crippen LogP contribution in [0.1, 0.15) is 56.3 Å². The van der Waals surface area contributed by atoms with Gasteiger partial charge in [0.1, 0.15) is 17.0 Å². The maximum atomic E-state index is 13.9. The van der Waals surface area contributed by atoms with Crippen molar-refractivity contribution in [2.24, 2.45) is 7.05 Å². The number of rotatable bonds is 6. The molecule has 5 aromatic rings. The zero-order valence-corrected chi connectivity index (χ0v) is 27.9. The Bertz CT molecular complexity index is 2190. The third-order valence-electron chi connectivity index (χ3n) is 9.18. The number of carbonyl (C=O) groups excluding carboxylic acids is 2. The Morgan fingerprint density at radius 3 is 2.40 bits per heavy atom. The van der Waals surface area contributed by atoms with Gasteiger partial charge in [0, 0.05) is 68.1 Å². The number of nitrogens with one attached hydrogen (secondary N) is 1. The quantitative estimate of drug-likeness (QED) is 0.215. The maximum absolute atomic E-state index is 13.9. The number of halogens is 3. The van der Waals surface area contributed by atoms with E-state index in [1.165, 1.54) is 30.5 Å². The summed E-state index contributed by atoms with van der Waals surface area (Å²) in [5.41, 5.74) is 3.28. The Morgan fingerprint density at radius 2 is 1.75 bits per heavy atom. The largest absolute Gasteiger partial charge is 0.455 e. The molecule has 1 aliphatic rings. The first-order valence-corrected chi connectivity index (χ1v) is 17.2. The molecule has 48 heavy (non-hydrogen) atoms. The average Bonchev–Trinajstić information content (AvgIpc) is 3.59. The van der Waals surface area contributed by atoms with Gasteiger partial charge in [0.05, 0.1) is 23.1 Å². The lowest BCUT2D eigenvalue weighted by atomic mass is 9.88. The first kappa shape index (κ1) is 33.1. The molecule has 1 atom stereocenters. The molecule has 0 unspecified atom stereocenters. The van der Waals surface area contributed by atoms with Gasteiger partial charge >= 0.3 is 6.18 Å². The fourth-order valence-electron chi connectivity index (χ4n) is 6.49. The van der Waals surface area contributed by atoms with Gasteiger partial charge in [-0.3, -0.25) is 13.9 Å². The molecular weight excluding hydrogens is 645 g/mol. The van der Waals surface area contributed by atoms with Gasteiger partial charge in [0.25, 0.3) is 11.8 Å². The number of alkyl halides is 3. The second kappa shape index (κ2) is 12.0. The molecule has 0 bridgehead atoms. The van der Waals surface area contributed by atoms with Gasteiger partial charge in [-0.15, -0.1) is 0 Å². The lowest BCUT2D eigenvalue weighted by Crippen LogP contribution is -2.40. The third kappa shape index (κ3) is 5.91. The molecule has 13 heteroatoms. The lowest BCUT2D eigenvalue weighted by molar-refractivity contribution is -0.137. The van der Waals surface area contributed by atoms with Crippen molar-refractivity contribution >= 4 is 49.4 Å². The molecule has 6 rings (SSSR count). The van der Waals surface area contributed by atoms with Crippen LogP contribution in [0.2, 0.25) is 0 Å². The van der Waals surface area contributed by atoms with E-state index in [1.807, 2.05) is 31.2 Å². The minimum Gasteiger partial charge on any atom is -0.455 e. The van der Waals surface area contributed by atoms with Crippen molar-refractivity contribution in [3.63, 3.8) is 0 Å². The summed E-state index contributed by atoms with van der Waals surface area (Å²) in [6, 6.07) is 15.8. The van der Waals surface area contributed by atoms with Crippen molar-refractivity contribution in [3.05, 3.63) is 88.6 Å². The second-order valence-corrected chi connectivity index (χ2v) is 14.4. The minimum atomic E-state index is -4.51. The third-order valence-corrected chi connectivity index (χ3v) is 10.4. The SMILES string of the molecule is CNC(=O)c1c(-c2ccc(C)cc2)oc2cc(N(C)S(C)(=O)=O)c([C@H]3CCCN(C(=O)c4cc5cc(C(F)(F)F)ccc5n4C)C3)cc12. The van der Waals surface area contributed by atoms with E-state index in [0.29, 0.717) is 69.4 Å². The minimum absolute atomic E-state index is 0.224. The number of nitrogens with zero attached hydrogens (tertiary/aromatic N) is 3. The number of hydrogen-bond donors (Lipinski definition) is 1. The molecular formula is C35H35F3N4O5S. The van der Waals surface area contributed by atoms with Crippen LogP contribution in [-0.4, -0.2) is 63.1 Å². The molecule has 9 nitrogen and oxygen atoms in total. The molecule has 3 heterocycles. The Morgan fingerprint density at radius 1 is 1.04 bits per heavy atom. The van der Waals surface area contributed by atoms with E-state index in [0.717, 1.165) is 24.0 Å². The summed E-state index contributed by atoms with van der Waals surface area (Å²) < 4.78 is 74.8. The topological polar surface area (TPSA) is 105 Å². The molecule has 1 fully saturated rings. The van der Waals surface area contributed by atoms with E-state index < -0.39 is 21.8 Å². The molecule has 0 radical (unpaired) electrons. The number of benzene rings is 3. The van der Waals surface area contributed by atoms with E-state index in [1.54, 1.807) is 28.6 Å². The molecule has 2 aromatic heterocycles. The smallest absolute Gasteiger partial charge is 0.416 e. The normalized spacial score (nSPS) is 15.7. The molecule has 3 aromatic carbocycles. The van der Waals surface area contributed by atoms with Crippen molar-refractivity contribution in [2.45, 2.75) is 31.9 Å². The van der Waals surface area contributed by atoms with Crippen LogP contribution in [0.5, 0.6) is 0 Å². The first-order valence-electron chi connectivity index (χ1n) is 15.4. The summed E-state index contributed by atoms with van der Waals surface area (Å²) >= 11 is 0. The molecule has 1 saturated heterocycles. The highest BCUT2D eigenvalue weighted by molar-refractivity contribution is 7.92. The van der Waals surface area contributed by atoms with Gasteiger partial charge < -0.3 is 19.2 Å².